The van der Waals surface area contributed by atoms with Crippen LogP contribution in [0, 0.1) is 11.3 Å². The molecule has 0 saturated carbocycles. The van der Waals surface area contributed by atoms with Crippen molar-refractivity contribution in [1.82, 2.24) is 9.78 Å². The normalized spacial score (nSPS) is 11.7. The lowest BCUT2D eigenvalue weighted by Crippen LogP contribution is -2.11. The van der Waals surface area contributed by atoms with Crippen LogP contribution >= 0.6 is 0 Å². The van der Waals surface area contributed by atoms with Crippen LogP contribution in [0.3, 0.4) is 0 Å². The van der Waals surface area contributed by atoms with E-state index in [1.807, 2.05) is 42.1 Å². The van der Waals surface area contributed by atoms with Crippen molar-refractivity contribution in [3.63, 3.8) is 0 Å². The molecule has 1 atom stereocenters. The van der Waals surface area contributed by atoms with Crippen molar-refractivity contribution in [2.45, 2.75) is 25.8 Å². The maximum absolute atomic E-state index is 8.50. The summed E-state index contributed by atoms with van der Waals surface area (Å²) in [6.45, 7) is 2.66. The standard InChI is InChI=1S/C16H20N4O/c1-13(16-8-10-18-20(16)2)19-14-6-5-7-15(12-14)21-11-4-3-9-17/h5-8,10,12-13,19H,3-4,11H2,1-2H3. The zero-order chi connectivity index (χ0) is 15.1. The van der Waals surface area contributed by atoms with Crippen LogP contribution in [0.2, 0.25) is 0 Å². The second kappa shape index (κ2) is 7.34. The van der Waals surface area contributed by atoms with Gasteiger partial charge in [0.25, 0.3) is 0 Å². The molecule has 0 spiro atoms. The number of hydrogen-bond acceptors (Lipinski definition) is 4. The first-order valence-corrected chi connectivity index (χ1v) is 7.05. The number of aromatic nitrogens is 2. The van der Waals surface area contributed by atoms with Gasteiger partial charge in [0, 0.05) is 31.4 Å². The van der Waals surface area contributed by atoms with Crippen LogP contribution in [0.25, 0.3) is 0 Å². The van der Waals surface area contributed by atoms with Gasteiger partial charge in [0.15, 0.2) is 0 Å². The van der Waals surface area contributed by atoms with Gasteiger partial charge in [-0.15, -0.1) is 0 Å². The number of hydrogen-bond donors (Lipinski definition) is 1. The third-order valence-electron chi connectivity index (χ3n) is 3.22. The average molecular weight is 284 g/mol. The summed E-state index contributed by atoms with van der Waals surface area (Å²) in [5, 5.41) is 16.1. The Kier molecular flexibility index (Phi) is 5.22. The monoisotopic (exact) mass is 284 g/mol. The van der Waals surface area contributed by atoms with E-state index in [1.165, 1.54) is 0 Å². The fraction of sp³-hybridized carbons (Fsp3) is 0.375. The van der Waals surface area contributed by atoms with E-state index in [-0.39, 0.29) is 6.04 Å². The third-order valence-corrected chi connectivity index (χ3v) is 3.22. The number of anilines is 1. The van der Waals surface area contributed by atoms with Crippen molar-refractivity contribution in [3.8, 4) is 11.8 Å². The molecule has 110 valence electrons. The quantitative estimate of drug-likeness (QED) is 0.793. The van der Waals surface area contributed by atoms with E-state index in [4.69, 9.17) is 10.00 Å². The molecule has 1 N–H and O–H groups in total. The zero-order valence-corrected chi connectivity index (χ0v) is 12.4. The summed E-state index contributed by atoms with van der Waals surface area (Å²) >= 11 is 0. The number of aryl methyl sites for hydroxylation is 1. The molecular formula is C16H20N4O. The molecule has 5 heteroatoms. The minimum atomic E-state index is 0.159. The first-order chi connectivity index (χ1) is 10.2. The number of nitrogens with one attached hydrogen (secondary N) is 1. The van der Waals surface area contributed by atoms with E-state index in [9.17, 15) is 0 Å². The summed E-state index contributed by atoms with van der Waals surface area (Å²) < 4.78 is 7.50. The molecule has 0 amide bonds. The lowest BCUT2D eigenvalue weighted by Gasteiger charge is -2.16. The first kappa shape index (κ1) is 14.9. The Morgan fingerprint density at radius 3 is 3.00 bits per heavy atom. The van der Waals surface area contributed by atoms with Crippen LogP contribution in [0.15, 0.2) is 36.5 Å². The summed E-state index contributed by atoms with van der Waals surface area (Å²) in [7, 11) is 1.93. The molecular weight excluding hydrogens is 264 g/mol. The zero-order valence-electron chi connectivity index (χ0n) is 12.4. The minimum Gasteiger partial charge on any atom is -0.493 e. The molecule has 1 aromatic carbocycles. The number of unbranched alkanes of at least 4 members (excludes halogenated alkanes) is 1. The van der Waals surface area contributed by atoms with Crippen molar-refractivity contribution in [2.24, 2.45) is 7.05 Å². The van der Waals surface area contributed by atoms with Crippen LogP contribution in [-0.4, -0.2) is 16.4 Å². The molecule has 0 aliphatic rings. The molecule has 5 nitrogen and oxygen atoms in total. The maximum atomic E-state index is 8.50. The highest BCUT2D eigenvalue weighted by Gasteiger charge is 2.09. The van der Waals surface area contributed by atoms with E-state index in [2.05, 4.69) is 23.4 Å². The van der Waals surface area contributed by atoms with Crippen molar-refractivity contribution in [1.29, 1.82) is 5.26 Å². The molecule has 21 heavy (non-hydrogen) atoms. The molecule has 0 fully saturated rings. The second-order valence-corrected chi connectivity index (χ2v) is 4.88. The van der Waals surface area contributed by atoms with Crippen molar-refractivity contribution in [2.75, 3.05) is 11.9 Å². The SMILES string of the molecule is CC(Nc1cccc(OCCCC#N)c1)c1ccnn1C. The van der Waals surface area contributed by atoms with Gasteiger partial charge in [0.05, 0.1) is 24.4 Å². The molecule has 0 saturated heterocycles. The lowest BCUT2D eigenvalue weighted by atomic mass is 10.2. The third kappa shape index (κ3) is 4.25. The summed E-state index contributed by atoms with van der Waals surface area (Å²) in [4.78, 5) is 0. The average Bonchev–Trinajstić information content (AvgIpc) is 2.90. The number of benzene rings is 1. The first-order valence-electron chi connectivity index (χ1n) is 7.05. The highest BCUT2D eigenvalue weighted by atomic mass is 16.5. The van der Waals surface area contributed by atoms with E-state index >= 15 is 0 Å². The molecule has 0 bridgehead atoms. The Morgan fingerprint density at radius 1 is 1.43 bits per heavy atom. The van der Waals surface area contributed by atoms with Crippen molar-refractivity contribution < 1.29 is 4.74 Å². The Balaban J connectivity index is 1.95. The van der Waals surface area contributed by atoms with Gasteiger partial charge in [-0.25, -0.2) is 0 Å². The van der Waals surface area contributed by atoms with E-state index in [0.717, 1.165) is 23.6 Å². The van der Waals surface area contributed by atoms with Gasteiger partial charge < -0.3 is 10.1 Å². The van der Waals surface area contributed by atoms with Gasteiger partial charge in [-0.05, 0) is 31.5 Å². The number of nitriles is 1. The van der Waals surface area contributed by atoms with Crippen LogP contribution in [0.5, 0.6) is 5.75 Å². The van der Waals surface area contributed by atoms with Gasteiger partial charge in [-0.1, -0.05) is 6.07 Å². The van der Waals surface area contributed by atoms with Crippen LogP contribution < -0.4 is 10.1 Å². The van der Waals surface area contributed by atoms with Gasteiger partial charge >= 0.3 is 0 Å². The predicted molar refractivity (Wildman–Crippen MR) is 82.0 cm³/mol. The molecule has 1 unspecified atom stereocenters. The number of rotatable bonds is 7. The topological polar surface area (TPSA) is 62.9 Å². The Hall–Kier alpha value is -2.48. The number of nitrogens with zero attached hydrogens (tertiary/aromatic N) is 3. The Morgan fingerprint density at radius 2 is 2.29 bits per heavy atom. The largest absolute Gasteiger partial charge is 0.493 e. The molecule has 0 aliphatic heterocycles. The molecule has 2 aromatic rings. The van der Waals surface area contributed by atoms with E-state index in [0.29, 0.717) is 13.0 Å². The molecule has 0 radical (unpaired) electrons. The van der Waals surface area contributed by atoms with Crippen LogP contribution in [-0.2, 0) is 7.05 Å². The fourth-order valence-electron chi connectivity index (χ4n) is 2.15. The number of ether oxygens (including phenoxy) is 1. The predicted octanol–water partition coefficient (Wildman–Crippen LogP) is 3.28. The highest BCUT2D eigenvalue weighted by molar-refractivity contribution is 5.49. The van der Waals surface area contributed by atoms with Gasteiger partial charge in [-0.3, -0.25) is 4.68 Å². The molecule has 1 heterocycles. The van der Waals surface area contributed by atoms with Crippen LogP contribution in [0.1, 0.15) is 31.5 Å². The Bertz CT molecular complexity index is 615. The van der Waals surface area contributed by atoms with E-state index in [1.54, 1.807) is 6.20 Å². The van der Waals surface area contributed by atoms with Gasteiger partial charge in [-0.2, -0.15) is 10.4 Å². The summed E-state index contributed by atoms with van der Waals surface area (Å²) in [6.07, 6.45) is 3.07. The summed E-state index contributed by atoms with van der Waals surface area (Å²) in [5.74, 6) is 0.815. The molecule has 1 aromatic heterocycles. The highest BCUT2D eigenvalue weighted by Crippen LogP contribution is 2.22. The second-order valence-electron chi connectivity index (χ2n) is 4.88. The summed E-state index contributed by atoms with van der Waals surface area (Å²) in [6, 6.07) is 12.1. The maximum Gasteiger partial charge on any atom is 0.121 e. The van der Waals surface area contributed by atoms with E-state index < -0.39 is 0 Å². The van der Waals surface area contributed by atoms with Crippen molar-refractivity contribution in [3.05, 3.63) is 42.2 Å². The van der Waals surface area contributed by atoms with Crippen molar-refractivity contribution >= 4 is 5.69 Å². The van der Waals surface area contributed by atoms with Crippen LogP contribution in [0.4, 0.5) is 5.69 Å². The Labute approximate surface area is 125 Å². The van der Waals surface area contributed by atoms with Gasteiger partial charge in [0.1, 0.15) is 5.75 Å². The van der Waals surface area contributed by atoms with Gasteiger partial charge in [0.2, 0.25) is 0 Å². The molecule has 0 aliphatic carbocycles. The fourth-order valence-corrected chi connectivity index (χ4v) is 2.15. The lowest BCUT2D eigenvalue weighted by molar-refractivity contribution is 0.313. The molecule has 2 rings (SSSR count). The summed E-state index contributed by atoms with van der Waals surface area (Å²) in [5.41, 5.74) is 2.12. The minimum absolute atomic E-state index is 0.159. The smallest absolute Gasteiger partial charge is 0.121 e.